The van der Waals surface area contributed by atoms with Crippen LogP contribution in [-0.2, 0) is 6.42 Å². The van der Waals surface area contributed by atoms with Crippen LogP contribution >= 0.6 is 11.6 Å². The van der Waals surface area contributed by atoms with Crippen molar-refractivity contribution in [3.63, 3.8) is 0 Å². The first-order valence-corrected chi connectivity index (χ1v) is 7.55. The molecule has 0 bridgehead atoms. The summed E-state index contributed by atoms with van der Waals surface area (Å²) in [6.45, 7) is 2.13. The van der Waals surface area contributed by atoms with Crippen LogP contribution in [0.3, 0.4) is 0 Å². The van der Waals surface area contributed by atoms with Gasteiger partial charge in [0.15, 0.2) is 0 Å². The summed E-state index contributed by atoms with van der Waals surface area (Å²) in [6, 6.07) is 17.2. The average molecular weight is 288 g/mol. The molecule has 1 atom stereocenters. The van der Waals surface area contributed by atoms with Crippen molar-refractivity contribution >= 4 is 11.6 Å². The molecular weight excluding hydrogens is 266 g/mol. The molecule has 0 aliphatic rings. The van der Waals surface area contributed by atoms with Gasteiger partial charge in [0.2, 0.25) is 0 Å². The molecule has 0 fully saturated rings. The Bertz CT molecular complexity index is 536. The minimum absolute atomic E-state index is 0.399. The van der Waals surface area contributed by atoms with Crippen LogP contribution in [-0.4, -0.2) is 7.05 Å². The molecule has 0 aliphatic carbocycles. The molecule has 0 saturated carbocycles. The zero-order valence-corrected chi connectivity index (χ0v) is 13.0. The summed E-state index contributed by atoms with van der Waals surface area (Å²) in [4.78, 5) is 0. The monoisotopic (exact) mass is 287 g/mol. The lowest BCUT2D eigenvalue weighted by Gasteiger charge is -2.19. The van der Waals surface area contributed by atoms with E-state index in [1.54, 1.807) is 0 Å². The summed E-state index contributed by atoms with van der Waals surface area (Å²) < 4.78 is 0. The highest BCUT2D eigenvalue weighted by Crippen LogP contribution is 2.25. The van der Waals surface area contributed by atoms with Gasteiger partial charge in [0, 0.05) is 11.1 Å². The molecule has 20 heavy (non-hydrogen) atoms. The van der Waals surface area contributed by atoms with E-state index in [9.17, 15) is 0 Å². The number of nitrogens with one attached hydrogen (secondary N) is 1. The van der Waals surface area contributed by atoms with E-state index in [1.807, 2.05) is 19.2 Å². The Kier molecular flexibility index (Phi) is 5.63. The number of benzene rings is 2. The minimum atomic E-state index is 0.399. The van der Waals surface area contributed by atoms with E-state index < -0.39 is 0 Å². The van der Waals surface area contributed by atoms with E-state index in [2.05, 4.69) is 48.6 Å². The lowest BCUT2D eigenvalue weighted by Crippen LogP contribution is -2.17. The summed E-state index contributed by atoms with van der Waals surface area (Å²) in [5.41, 5.74) is 4.02. The maximum Gasteiger partial charge on any atom is 0.0408 e. The van der Waals surface area contributed by atoms with Gasteiger partial charge >= 0.3 is 0 Å². The van der Waals surface area contributed by atoms with Gasteiger partial charge < -0.3 is 5.32 Å². The van der Waals surface area contributed by atoms with Crippen LogP contribution in [0.4, 0.5) is 0 Å². The second kappa shape index (κ2) is 7.47. The highest BCUT2D eigenvalue weighted by atomic mass is 35.5. The Morgan fingerprint density at radius 3 is 2.50 bits per heavy atom. The second-order valence-electron chi connectivity index (χ2n) is 5.22. The van der Waals surface area contributed by atoms with E-state index in [-0.39, 0.29) is 0 Å². The van der Waals surface area contributed by atoms with Gasteiger partial charge in [0.25, 0.3) is 0 Å². The molecule has 2 aromatic rings. The highest BCUT2D eigenvalue weighted by Gasteiger charge is 2.11. The Balaban J connectivity index is 1.95. The van der Waals surface area contributed by atoms with Gasteiger partial charge in [-0.05, 0) is 62.1 Å². The largest absolute Gasteiger partial charge is 0.313 e. The summed E-state index contributed by atoms with van der Waals surface area (Å²) in [5, 5.41) is 4.23. The summed E-state index contributed by atoms with van der Waals surface area (Å²) >= 11 is 6.03. The normalized spacial score (nSPS) is 12.3. The number of rotatable bonds is 6. The lowest BCUT2D eigenvalue weighted by atomic mass is 9.96. The van der Waals surface area contributed by atoms with Gasteiger partial charge in [-0.3, -0.25) is 0 Å². The van der Waals surface area contributed by atoms with Crippen molar-refractivity contribution < 1.29 is 0 Å². The van der Waals surface area contributed by atoms with Gasteiger partial charge in [0.05, 0.1) is 0 Å². The molecule has 1 N–H and O–H groups in total. The van der Waals surface area contributed by atoms with Gasteiger partial charge in [-0.1, -0.05) is 48.0 Å². The zero-order valence-electron chi connectivity index (χ0n) is 12.2. The van der Waals surface area contributed by atoms with Crippen LogP contribution in [0.25, 0.3) is 0 Å². The molecule has 106 valence electrons. The summed E-state index contributed by atoms with van der Waals surface area (Å²) in [6.07, 6.45) is 3.44. The van der Waals surface area contributed by atoms with Crippen LogP contribution in [0.5, 0.6) is 0 Å². The number of aryl methyl sites for hydroxylation is 2. The van der Waals surface area contributed by atoms with Crippen molar-refractivity contribution in [1.29, 1.82) is 0 Å². The lowest BCUT2D eigenvalue weighted by molar-refractivity contribution is 0.525. The molecule has 2 heteroatoms. The maximum atomic E-state index is 6.03. The van der Waals surface area contributed by atoms with Crippen molar-refractivity contribution in [2.24, 2.45) is 0 Å². The topological polar surface area (TPSA) is 12.0 Å². The third-order valence-electron chi connectivity index (χ3n) is 3.76. The van der Waals surface area contributed by atoms with Crippen molar-refractivity contribution in [3.8, 4) is 0 Å². The molecule has 0 heterocycles. The fourth-order valence-corrected chi connectivity index (χ4v) is 2.87. The van der Waals surface area contributed by atoms with Crippen LogP contribution in [0.15, 0.2) is 48.5 Å². The van der Waals surface area contributed by atoms with E-state index in [4.69, 9.17) is 11.6 Å². The molecule has 2 rings (SSSR count). The molecule has 0 spiro atoms. The molecule has 0 aliphatic heterocycles. The molecule has 1 unspecified atom stereocenters. The molecule has 0 aromatic heterocycles. The SMILES string of the molecule is CNC(CCCc1ccccc1)c1ccc(Cl)cc1C. The van der Waals surface area contributed by atoms with E-state index in [1.165, 1.54) is 23.1 Å². The highest BCUT2D eigenvalue weighted by molar-refractivity contribution is 6.30. The molecule has 2 aromatic carbocycles. The quantitative estimate of drug-likeness (QED) is 0.794. The van der Waals surface area contributed by atoms with Crippen molar-refractivity contribution in [1.82, 2.24) is 5.32 Å². The smallest absolute Gasteiger partial charge is 0.0408 e. The average Bonchev–Trinajstić information content (AvgIpc) is 2.46. The Hall–Kier alpha value is -1.31. The zero-order chi connectivity index (χ0) is 14.4. The standard InChI is InChI=1S/C18H22ClN/c1-14-13-16(19)11-12-17(14)18(20-2)10-6-9-15-7-4-3-5-8-15/h3-5,7-8,11-13,18,20H,6,9-10H2,1-2H3. The molecule has 1 nitrogen and oxygen atoms in total. The summed E-state index contributed by atoms with van der Waals surface area (Å²) in [7, 11) is 2.03. The van der Waals surface area contributed by atoms with Gasteiger partial charge in [-0.25, -0.2) is 0 Å². The van der Waals surface area contributed by atoms with Crippen LogP contribution < -0.4 is 5.32 Å². The van der Waals surface area contributed by atoms with Crippen molar-refractivity contribution in [3.05, 3.63) is 70.2 Å². The molecule has 0 amide bonds. The van der Waals surface area contributed by atoms with Crippen LogP contribution in [0.1, 0.15) is 35.6 Å². The fraction of sp³-hybridized carbons (Fsp3) is 0.333. The van der Waals surface area contributed by atoms with Crippen LogP contribution in [0.2, 0.25) is 5.02 Å². The second-order valence-corrected chi connectivity index (χ2v) is 5.66. The Morgan fingerprint density at radius 2 is 1.85 bits per heavy atom. The van der Waals surface area contributed by atoms with E-state index in [0.29, 0.717) is 6.04 Å². The number of hydrogen-bond donors (Lipinski definition) is 1. The number of hydrogen-bond acceptors (Lipinski definition) is 1. The first-order valence-electron chi connectivity index (χ1n) is 7.18. The predicted octanol–water partition coefficient (Wildman–Crippen LogP) is 4.93. The van der Waals surface area contributed by atoms with E-state index in [0.717, 1.165) is 17.9 Å². The molecule has 0 radical (unpaired) electrons. The van der Waals surface area contributed by atoms with Gasteiger partial charge in [-0.15, -0.1) is 0 Å². The Labute approximate surface area is 127 Å². The maximum absolute atomic E-state index is 6.03. The third kappa shape index (κ3) is 4.09. The summed E-state index contributed by atoms with van der Waals surface area (Å²) in [5.74, 6) is 0. The molecular formula is C18H22ClN. The molecule has 0 saturated heterocycles. The third-order valence-corrected chi connectivity index (χ3v) is 3.99. The van der Waals surface area contributed by atoms with Gasteiger partial charge in [0.1, 0.15) is 0 Å². The first kappa shape index (κ1) is 15.1. The number of halogens is 1. The first-order chi connectivity index (χ1) is 9.70. The van der Waals surface area contributed by atoms with E-state index >= 15 is 0 Å². The fourth-order valence-electron chi connectivity index (χ4n) is 2.64. The predicted molar refractivity (Wildman–Crippen MR) is 87.4 cm³/mol. The van der Waals surface area contributed by atoms with Gasteiger partial charge in [-0.2, -0.15) is 0 Å². The van der Waals surface area contributed by atoms with Crippen LogP contribution in [0, 0.1) is 6.92 Å². The van der Waals surface area contributed by atoms with Crippen molar-refractivity contribution in [2.75, 3.05) is 7.05 Å². The van der Waals surface area contributed by atoms with Crippen molar-refractivity contribution in [2.45, 2.75) is 32.2 Å². The Morgan fingerprint density at radius 1 is 1.10 bits per heavy atom. The minimum Gasteiger partial charge on any atom is -0.313 e.